The molecule has 0 heterocycles. The number of aliphatic carboxylic acids is 1. The van der Waals surface area contributed by atoms with E-state index in [-0.39, 0.29) is 25.0 Å². The predicted octanol–water partition coefficient (Wildman–Crippen LogP) is 3.34. The monoisotopic (exact) mass is 238 g/mol. The summed E-state index contributed by atoms with van der Waals surface area (Å²) in [7, 11) is 0. The minimum atomic E-state index is -0.798. The first-order valence-electron chi connectivity index (χ1n) is 5.35. The van der Waals surface area contributed by atoms with Crippen LogP contribution < -0.4 is 0 Å². The van der Waals surface area contributed by atoms with Crippen molar-refractivity contribution >= 4 is 5.97 Å². The van der Waals surface area contributed by atoms with Crippen LogP contribution in [0, 0.1) is 0 Å². The number of hydrogen-bond acceptors (Lipinski definition) is 2. The number of rotatable bonds is 3. The lowest BCUT2D eigenvalue weighted by molar-refractivity contribution is -0.136. The van der Waals surface area contributed by atoms with Gasteiger partial charge in [0.05, 0.1) is 0 Å². The molecule has 0 spiro atoms. The molecule has 0 aliphatic heterocycles. The summed E-state index contributed by atoms with van der Waals surface area (Å²) in [4.78, 5) is 10.6. The summed E-state index contributed by atoms with van der Waals surface area (Å²) in [6, 6.07) is 5.13. The quantitative estimate of drug-likeness (QED) is 0.849. The third-order valence-corrected chi connectivity index (χ3v) is 2.51. The van der Waals surface area contributed by atoms with E-state index in [4.69, 9.17) is 5.11 Å². The third kappa shape index (κ3) is 4.47. The van der Waals surface area contributed by atoms with E-state index in [0.29, 0.717) is 6.42 Å². The van der Waals surface area contributed by atoms with Crippen molar-refractivity contribution in [1.29, 1.82) is 0 Å². The lowest BCUT2D eigenvalue weighted by atomic mass is 9.82. The largest absolute Gasteiger partial charge is 0.508 e. The first-order chi connectivity index (χ1) is 7.30. The normalized spacial score (nSPS) is 10.8. The summed E-state index contributed by atoms with van der Waals surface area (Å²) in [6.45, 7) is 6.14. The second kappa shape index (κ2) is 5.71. The molecular weight excluding hydrogens is 216 g/mol. The Labute approximate surface area is 103 Å². The summed E-state index contributed by atoms with van der Waals surface area (Å²) in [5.74, 6) is -0.572. The van der Waals surface area contributed by atoms with Crippen molar-refractivity contribution in [2.75, 3.05) is 0 Å². The van der Waals surface area contributed by atoms with Crippen LogP contribution in [0.2, 0.25) is 0 Å². The summed E-state index contributed by atoms with van der Waals surface area (Å²) in [6.07, 6.45) is 0.621. The van der Waals surface area contributed by atoms with Crippen LogP contribution in [0.3, 0.4) is 0 Å². The molecule has 1 aromatic carbocycles. The fourth-order valence-electron chi connectivity index (χ4n) is 1.72. The Morgan fingerprint density at radius 3 is 2.35 bits per heavy atom. The van der Waals surface area contributed by atoms with Gasteiger partial charge >= 0.3 is 5.97 Å². The number of hydrogen-bond donors (Lipinski definition) is 2. The Morgan fingerprint density at radius 1 is 1.29 bits per heavy atom. The molecule has 1 rings (SSSR count). The fourth-order valence-corrected chi connectivity index (χ4v) is 1.72. The van der Waals surface area contributed by atoms with E-state index in [1.807, 2.05) is 20.8 Å². The number of phenolic OH excluding ortho intramolecular Hbond substituents is 1. The number of carboxylic acid groups (broad SMARTS) is 1. The van der Waals surface area contributed by atoms with Gasteiger partial charge in [0.15, 0.2) is 0 Å². The van der Waals surface area contributed by atoms with Gasteiger partial charge < -0.3 is 10.2 Å². The van der Waals surface area contributed by atoms with Crippen LogP contribution in [0.4, 0.5) is 0 Å². The molecule has 0 saturated carbocycles. The molecule has 17 heavy (non-hydrogen) atoms. The van der Waals surface area contributed by atoms with E-state index in [1.54, 1.807) is 18.2 Å². The molecule has 3 heteroatoms. The van der Waals surface area contributed by atoms with Crippen molar-refractivity contribution in [3.8, 4) is 5.75 Å². The van der Waals surface area contributed by atoms with E-state index in [0.717, 1.165) is 11.1 Å². The first kappa shape index (κ1) is 15.5. The number of phenols is 1. The standard InChI is InChI=1S/C13H18O3.CH4/c1-13(2,3)11-8-10(14)6-4-9(11)5-7-12(15)16;/h4,6,8,14H,5,7H2,1-3H3,(H,15,16);1H4. The molecular formula is C14H22O3. The van der Waals surface area contributed by atoms with Crippen molar-refractivity contribution in [3.63, 3.8) is 0 Å². The molecule has 0 saturated heterocycles. The summed E-state index contributed by atoms with van der Waals surface area (Å²) < 4.78 is 0. The summed E-state index contributed by atoms with van der Waals surface area (Å²) in [5, 5.41) is 18.1. The number of benzene rings is 1. The number of aryl methyl sites for hydroxylation is 1. The van der Waals surface area contributed by atoms with Crippen molar-refractivity contribution in [2.45, 2.75) is 46.5 Å². The zero-order valence-corrected chi connectivity index (χ0v) is 9.95. The Kier molecular flexibility index (Phi) is 5.20. The van der Waals surface area contributed by atoms with E-state index >= 15 is 0 Å². The lowest BCUT2D eigenvalue weighted by Crippen LogP contribution is -2.14. The second-order valence-electron chi connectivity index (χ2n) is 4.99. The smallest absolute Gasteiger partial charge is 0.303 e. The number of aromatic hydroxyl groups is 1. The van der Waals surface area contributed by atoms with E-state index in [9.17, 15) is 9.90 Å². The number of carbonyl (C=O) groups is 1. The van der Waals surface area contributed by atoms with Gasteiger partial charge in [-0.2, -0.15) is 0 Å². The third-order valence-electron chi connectivity index (χ3n) is 2.51. The van der Waals surface area contributed by atoms with Gasteiger partial charge in [-0.05, 0) is 35.1 Å². The fraction of sp³-hybridized carbons (Fsp3) is 0.500. The van der Waals surface area contributed by atoms with E-state index < -0.39 is 5.97 Å². The molecule has 0 amide bonds. The predicted molar refractivity (Wildman–Crippen MR) is 69.5 cm³/mol. The van der Waals surface area contributed by atoms with Gasteiger partial charge in [0.1, 0.15) is 5.75 Å². The molecule has 96 valence electrons. The molecule has 2 N–H and O–H groups in total. The van der Waals surface area contributed by atoms with Gasteiger partial charge in [-0.15, -0.1) is 0 Å². The Balaban J connectivity index is 0.00000256. The van der Waals surface area contributed by atoms with Crippen LogP contribution in [-0.4, -0.2) is 16.2 Å². The molecule has 0 bridgehead atoms. The highest BCUT2D eigenvalue weighted by atomic mass is 16.4. The van der Waals surface area contributed by atoms with Crippen molar-refractivity contribution in [1.82, 2.24) is 0 Å². The minimum absolute atomic E-state index is 0. The Morgan fingerprint density at radius 2 is 1.88 bits per heavy atom. The Hall–Kier alpha value is -1.51. The van der Waals surface area contributed by atoms with Crippen molar-refractivity contribution in [2.24, 2.45) is 0 Å². The zero-order valence-electron chi connectivity index (χ0n) is 9.95. The SMILES string of the molecule is C.CC(C)(C)c1cc(O)ccc1CCC(=O)O. The summed E-state index contributed by atoms with van der Waals surface area (Å²) in [5.41, 5.74) is 1.91. The molecule has 0 aliphatic rings. The first-order valence-corrected chi connectivity index (χ1v) is 5.35. The summed E-state index contributed by atoms with van der Waals surface area (Å²) >= 11 is 0. The number of carboxylic acids is 1. The maximum absolute atomic E-state index is 10.6. The highest BCUT2D eigenvalue weighted by Gasteiger charge is 2.18. The molecule has 3 nitrogen and oxygen atoms in total. The molecule has 0 unspecified atom stereocenters. The highest BCUT2D eigenvalue weighted by Crippen LogP contribution is 2.29. The van der Waals surface area contributed by atoms with Gasteiger partial charge in [0, 0.05) is 6.42 Å². The van der Waals surface area contributed by atoms with Crippen LogP contribution in [0.5, 0.6) is 5.75 Å². The molecule has 0 atom stereocenters. The van der Waals surface area contributed by atoms with Gasteiger partial charge in [-0.3, -0.25) is 4.79 Å². The van der Waals surface area contributed by atoms with Crippen molar-refractivity contribution in [3.05, 3.63) is 29.3 Å². The topological polar surface area (TPSA) is 57.5 Å². The van der Waals surface area contributed by atoms with Gasteiger partial charge in [-0.25, -0.2) is 0 Å². The average molecular weight is 238 g/mol. The van der Waals surface area contributed by atoms with Crippen LogP contribution in [0.25, 0.3) is 0 Å². The highest BCUT2D eigenvalue weighted by molar-refractivity contribution is 5.67. The van der Waals surface area contributed by atoms with Gasteiger partial charge in [0.2, 0.25) is 0 Å². The molecule has 0 aliphatic carbocycles. The van der Waals surface area contributed by atoms with Crippen LogP contribution >= 0.6 is 0 Å². The molecule has 0 radical (unpaired) electrons. The zero-order chi connectivity index (χ0) is 12.3. The van der Waals surface area contributed by atoms with Crippen LogP contribution in [0.1, 0.15) is 45.7 Å². The van der Waals surface area contributed by atoms with Crippen molar-refractivity contribution < 1.29 is 15.0 Å². The Bertz CT molecular complexity index is 389. The maximum Gasteiger partial charge on any atom is 0.303 e. The molecule has 1 aromatic rings. The van der Waals surface area contributed by atoms with Gasteiger partial charge in [-0.1, -0.05) is 34.3 Å². The van der Waals surface area contributed by atoms with Gasteiger partial charge in [0.25, 0.3) is 0 Å². The minimum Gasteiger partial charge on any atom is -0.508 e. The van der Waals surface area contributed by atoms with E-state index in [2.05, 4.69) is 0 Å². The lowest BCUT2D eigenvalue weighted by Gasteiger charge is -2.23. The molecule has 0 aromatic heterocycles. The molecule has 0 fully saturated rings. The average Bonchev–Trinajstić information content (AvgIpc) is 2.14. The maximum atomic E-state index is 10.6. The van der Waals surface area contributed by atoms with Crippen LogP contribution in [0.15, 0.2) is 18.2 Å². The van der Waals surface area contributed by atoms with Crippen LogP contribution in [-0.2, 0) is 16.6 Å². The second-order valence-corrected chi connectivity index (χ2v) is 4.99. The van der Waals surface area contributed by atoms with E-state index in [1.165, 1.54) is 0 Å².